The fourth-order valence-corrected chi connectivity index (χ4v) is 3.52. The maximum absolute atomic E-state index is 11.9. The molecule has 2 amide bonds. The summed E-state index contributed by atoms with van der Waals surface area (Å²) >= 11 is 0. The van der Waals surface area contributed by atoms with Crippen LogP contribution in [0.15, 0.2) is 24.3 Å². The maximum atomic E-state index is 11.9. The molecule has 1 aromatic carbocycles. The van der Waals surface area contributed by atoms with E-state index in [1.807, 2.05) is 24.3 Å². The lowest BCUT2D eigenvalue weighted by molar-refractivity contribution is 0.0118. The molecule has 3 rings (SSSR count). The van der Waals surface area contributed by atoms with E-state index in [0.717, 1.165) is 37.9 Å². The van der Waals surface area contributed by atoms with Crippen molar-refractivity contribution in [1.29, 1.82) is 0 Å². The van der Waals surface area contributed by atoms with Crippen LogP contribution in [0.5, 0.6) is 0 Å². The molecule has 3 N–H and O–H groups in total. The summed E-state index contributed by atoms with van der Waals surface area (Å²) in [6.45, 7) is 1.69. The van der Waals surface area contributed by atoms with Crippen LogP contribution < -0.4 is 10.6 Å². The number of aliphatic hydroxyl groups is 1. The predicted molar refractivity (Wildman–Crippen MR) is 88.3 cm³/mol. The first-order chi connectivity index (χ1) is 11.2. The number of aryl methyl sites for hydroxylation is 1. The summed E-state index contributed by atoms with van der Waals surface area (Å²) in [7, 11) is 0. The number of ether oxygens (including phenoxy) is 1. The van der Waals surface area contributed by atoms with Crippen LogP contribution in [-0.4, -0.2) is 36.9 Å². The monoisotopic (exact) mass is 318 g/mol. The van der Waals surface area contributed by atoms with E-state index in [0.29, 0.717) is 13.0 Å². The van der Waals surface area contributed by atoms with Crippen LogP contribution in [0.1, 0.15) is 43.2 Å². The van der Waals surface area contributed by atoms with Gasteiger partial charge in [-0.3, -0.25) is 0 Å². The van der Waals surface area contributed by atoms with E-state index in [1.54, 1.807) is 0 Å². The second kappa shape index (κ2) is 7.32. The van der Waals surface area contributed by atoms with Crippen molar-refractivity contribution in [3.05, 3.63) is 35.4 Å². The van der Waals surface area contributed by atoms with Crippen LogP contribution >= 0.6 is 0 Å². The first-order valence-corrected chi connectivity index (χ1v) is 8.61. The van der Waals surface area contributed by atoms with Gasteiger partial charge in [-0.2, -0.15) is 0 Å². The molecular formula is C18H26N2O3. The minimum Gasteiger partial charge on any atom is -0.383 e. The average Bonchev–Trinajstić information content (AvgIpc) is 2.92. The molecule has 0 radical (unpaired) electrons. The van der Waals surface area contributed by atoms with Gasteiger partial charge >= 0.3 is 6.03 Å². The maximum Gasteiger partial charge on any atom is 0.314 e. The minimum atomic E-state index is -0.944. The van der Waals surface area contributed by atoms with Gasteiger partial charge in [-0.25, -0.2) is 4.79 Å². The first kappa shape index (κ1) is 16.3. The van der Waals surface area contributed by atoms with Gasteiger partial charge in [-0.1, -0.05) is 24.3 Å². The smallest absolute Gasteiger partial charge is 0.314 e. The largest absolute Gasteiger partial charge is 0.383 e. The Morgan fingerprint density at radius 1 is 1.30 bits per heavy atom. The van der Waals surface area contributed by atoms with Crippen LogP contribution in [-0.2, 0) is 16.8 Å². The molecule has 1 saturated heterocycles. The highest BCUT2D eigenvalue weighted by Crippen LogP contribution is 2.36. The molecule has 0 saturated carbocycles. The number of benzene rings is 1. The Bertz CT molecular complexity index is 543. The van der Waals surface area contributed by atoms with Gasteiger partial charge in [-0.15, -0.1) is 0 Å². The normalized spacial score (nSPS) is 26.6. The van der Waals surface area contributed by atoms with Crippen molar-refractivity contribution in [2.45, 2.75) is 50.2 Å². The van der Waals surface area contributed by atoms with Crippen molar-refractivity contribution < 1.29 is 14.6 Å². The second-order valence-corrected chi connectivity index (χ2v) is 6.58. The van der Waals surface area contributed by atoms with Crippen molar-refractivity contribution in [1.82, 2.24) is 10.6 Å². The van der Waals surface area contributed by atoms with Crippen LogP contribution in [0.4, 0.5) is 4.79 Å². The van der Waals surface area contributed by atoms with E-state index >= 15 is 0 Å². The van der Waals surface area contributed by atoms with Gasteiger partial charge in [0.1, 0.15) is 5.60 Å². The number of hydrogen-bond donors (Lipinski definition) is 3. The molecule has 23 heavy (non-hydrogen) atoms. The summed E-state index contributed by atoms with van der Waals surface area (Å²) in [6, 6.07) is 7.68. The zero-order valence-corrected chi connectivity index (χ0v) is 13.5. The Hall–Kier alpha value is -1.59. The molecule has 5 heteroatoms. The molecule has 5 nitrogen and oxygen atoms in total. The third kappa shape index (κ3) is 4.03. The van der Waals surface area contributed by atoms with Gasteiger partial charge in [0, 0.05) is 13.2 Å². The summed E-state index contributed by atoms with van der Waals surface area (Å²) in [5, 5.41) is 16.4. The SMILES string of the molecule is O=C(NCCC1CCCCO1)NCC1(O)CCc2ccccc21. The lowest BCUT2D eigenvalue weighted by Crippen LogP contribution is -2.44. The summed E-state index contributed by atoms with van der Waals surface area (Å²) < 4.78 is 5.64. The van der Waals surface area contributed by atoms with Crippen molar-refractivity contribution in [3.63, 3.8) is 0 Å². The third-order valence-electron chi connectivity index (χ3n) is 4.89. The molecule has 1 heterocycles. The topological polar surface area (TPSA) is 70.6 Å². The highest BCUT2D eigenvalue weighted by Gasteiger charge is 2.36. The van der Waals surface area contributed by atoms with Gasteiger partial charge in [-0.05, 0) is 49.7 Å². The number of fused-ring (bicyclic) bond motifs is 1. The van der Waals surface area contributed by atoms with Crippen molar-refractivity contribution in [2.24, 2.45) is 0 Å². The number of amides is 2. The zero-order valence-electron chi connectivity index (χ0n) is 13.5. The first-order valence-electron chi connectivity index (χ1n) is 8.61. The van der Waals surface area contributed by atoms with E-state index in [2.05, 4.69) is 10.6 Å². The van der Waals surface area contributed by atoms with Gasteiger partial charge in [0.05, 0.1) is 12.6 Å². The Kier molecular flexibility index (Phi) is 5.18. The molecule has 0 aromatic heterocycles. The zero-order chi connectivity index (χ0) is 16.1. The van der Waals surface area contributed by atoms with E-state index in [4.69, 9.17) is 4.74 Å². The van der Waals surface area contributed by atoms with Crippen LogP contribution in [0.2, 0.25) is 0 Å². The highest BCUT2D eigenvalue weighted by atomic mass is 16.5. The Labute approximate surface area is 137 Å². The highest BCUT2D eigenvalue weighted by molar-refractivity contribution is 5.73. The summed E-state index contributed by atoms with van der Waals surface area (Å²) in [4.78, 5) is 11.9. The molecule has 2 atom stereocenters. The van der Waals surface area contributed by atoms with E-state index < -0.39 is 5.60 Å². The summed E-state index contributed by atoms with van der Waals surface area (Å²) in [5.41, 5.74) is 1.17. The van der Waals surface area contributed by atoms with E-state index in [9.17, 15) is 9.90 Å². The number of carbonyl (C=O) groups excluding carboxylic acids is 1. The standard InChI is InChI=1S/C18H26N2O3/c21-17(19-11-9-15-6-3-4-12-23-15)20-13-18(22)10-8-14-5-1-2-7-16(14)18/h1-2,5,7,15,22H,3-4,6,8-13H2,(H2,19,20,21). The molecule has 1 aliphatic carbocycles. The molecule has 2 aliphatic rings. The minimum absolute atomic E-state index is 0.224. The molecule has 2 unspecified atom stereocenters. The van der Waals surface area contributed by atoms with Gasteiger partial charge in [0.15, 0.2) is 0 Å². The molecule has 0 bridgehead atoms. The van der Waals surface area contributed by atoms with Crippen molar-refractivity contribution in [3.8, 4) is 0 Å². The van der Waals surface area contributed by atoms with Crippen molar-refractivity contribution in [2.75, 3.05) is 19.7 Å². The van der Waals surface area contributed by atoms with Crippen LogP contribution in [0.25, 0.3) is 0 Å². The quantitative estimate of drug-likeness (QED) is 0.778. The number of hydrogen-bond acceptors (Lipinski definition) is 3. The number of rotatable bonds is 5. The lowest BCUT2D eigenvalue weighted by atomic mass is 9.96. The van der Waals surface area contributed by atoms with Gasteiger partial charge in [0.25, 0.3) is 0 Å². The Morgan fingerprint density at radius 3 is 3.00 bits per heavy atom. The molecule has 1 fully saturated rings. The summed E-state index contributed by atoms with van der Waals surface area (Å²) in [5.74, 6) is 0. The third-order valence-corrected chi connectivity index (χ3v) is 4.89. The number of urea groups is 1. The fourth-order valence-electron chi connectivity index (χ4n) is 3.52. The average molecular weight is 318 g/mol. The Morgan fingerprint density at radius 2 is 2.17 bits per heavy atom. The van der Waals surface area contributed by atoms with Gasteiger partial charge in [0.2, 0.25) is 0 Å². The molecule has 126 valence electrons. The summed E-state index contributed by atoms with van der Waals surface area (Å²) in [6.07, 6.45) is 6.07. The molecule has 1 aliphatic heterocycles. The van der Waals surface area contributed by atoms with E-state index in [-0.39, 0.29) is 18.7 Å². The lowest BCUT2D eigenvalue weighted by Gasteiger charge is -2.25. The predicted octanol–water partition coefficient (Wildman–Crippen LogP) is 2.08. The van der Waals surface area contributed by atoms with Crippen LogP contribution in [0, 0.1) is 0 Å². The van der Waals surface area contributed by atoms with E-state index in [1.165, 1.54) is 12.0 Å². The molecule has 0 spiro atoms. The van der Waals surface area contributed by atoms with Crippen LogP contribution in [0.3, 0.4) is 0 Å². The molecular weight excluding hydrogens is 292 g/mol. The van der Waals surface area contributed by atoms with Gasteiger partial charge < -0.3 is 20.5 Å². The molecule has 1 aromatic rings. The Balaban J connectivity index is 1.41. The second-order valence-electron chi connectivity index (χ2n) is 6.58. The van der Waals surface area contributed by atoms with Crippen molar-refractivity contribution >= 4 is 6.03 Å². The fraction of sp³-hybridized carbons (Fsp3) is 0.611. The number of nitrogens with one attached hydrogen (secondary N) is 2. The number of carbonyl (C=O) groups is 1.